The largest absolute Gasteiger partial charge is 0.458 e. The van der Waals surface area contributed by atoms with Crippen LogP contribution in [0.2, 0.25) is 0 Å². The Morgan fingerprint density at radius 3 is 2.64 bits per heavy atom. The summed E-state index contributed by atoms with van der Waals surface area (Å²) in [7, 11) is 0. The van der Waals surface area contributed by atoms with Crippen molar-refractivity contribution in [3.05, 3.63) is 11.6 Å². The zero-order valence-electron chi connectivity index (χ0n) is 9.59. The molecular formula is C12H20O2. The number of carbonyl (C=O) groups excluding carboxylic acids is 1. The van der Waals surface area contributed by atoms with Gasteiger partial charge in [-0.2, -0.15) is 0 Å². The molecule has 1 fully saturated rings. The lowest BCUT2D eigenvalue weighted by molar-refractivity contribution is -0.155. The number of rotatable bonds is 2. The minimum Gasteiger partial charge on any atom is -0.458 e. The topological polar surface area (TPSA) is 26.3 Å². The van der Waals surface area contributed by atoms with Crippen molar-refractivity contribution in [2.75, 3.05) is 0 Å². The third-order valence-corrected chi connectivity index (χ3v) is 3.32. The van der Waals surface area contributed by atoms with Crippen LogP contribution in [-0.4, -0.2) is 12.1 Å². The Labute approximate surface area is 86.3 Å². The molecule has 0 spiro atoms. The van der Waals surface area contributed by atoms with E-state index in [0.717, 1.165) is 24.8 Å². The summed E-state index contributed by atoms with van der Waals surface area (Å²) < 4.78 is 5.44. The van der Waals surface area contributed by atoms with E-state index in [-0.39, 0.29) is 17.5 Å². The van der Waals surface area contributed by atoms with Crippen molar-refractivity contribution in [1.82, 2.24) is 0 Å². The van der Waals surface area contributed by atoms with Gasteiger partial charge in [0, 0.05) is 11.0 Å². The molecule has 0 radical (unpaired) electrons. The highest BCUT2D eigenvalue weighted by Gasteiger charge is 2.35. The van der Waals surface area contributed by atoms with Gasteiger partial charge in [-0.1, -0.05) is 26.8 Å². The first-order valence-electron chi connectivity index (χ1n) is 5.37. The minimum atomic E-state index is -0.120. The van der Waals surface area contributed by atoms with E-state index in [9.17, 15) is 4.79 Å². The summed E-state index contributed by atoms with van der Waals surface area (Å²) in [5.41, 5.74) is 0.933. The number of cyclic esters (lactones) is 1. The highest BCUT2D eigenvalue weighted by molar-refractivity contribution is 5.89. The lowest BCUT2D eigenvalue weighted by Gasteiger charge is -2.36. The van der Waals surface area contributed by atoms with Gasteiger partial charge in [-0.15, -0.1) is 0 Å². The molecule has 2 heteroatoms. The van der Waals surface area contributed by atoms with Gasteiger partial charge in [-0.05, 0) is 26.2 Å². The third kappa shape index (κ3) is 2.17. The van der Waals surface area contributed by atoms with Gasteiger partial charge >= 0.3 is 5.97 Å². The highest BCUT2D eigenvalue weighted by Crippen LogP contribution is 2.34. The smallest absolute Gasteiger partial charge is 0.333 e. The lowest BCUT2D eigenvalue weighted by atomic mass is 9.80. The van der Waals surface area contributed by atoms with Crippen LogP contribution in [-0.2, 0) is 9.53 Å². The first kappa shape index (κ1) is 11.3. The van der Waals surface area contributed by atoms with E-state index in [1.165, 1.54) is 0 Å². The fourth-order valence-electron chi connectivity index (χ4n) is 1.69. The maximum absolute atomic E-state index is 11.5. The molecule has 1 atom stereocenters. The average molecular weight is 196 g/mol. The zero-order chi connectivity index (χ0) is 10.8. The van der Waals surface area contributed by atoms with Crippen molar-refractivity contribution in [1.29, 1.82) is 0 Å². The predicted molar refractivity (Wildman–Crippen MR) is 56.9 cm³/mol. The van der Waals surface area contributed by atoms with Crippen LogP contribution in [0.4, 0.5) is 0 Å². The molecular weight excluding hydrogens is 176 g/mol. The molecule has 80 valence electrons. The van der Waals surface area contributed by atoms with Gasteiger partial charge in [0.2, 0.25) is 0 Å². The van der Waals surface area contributed by atoms with Gasteiger partial charge in [0.25, 0.3) is 0 Å². The van der Waals surface area contributed by atoms with E-state index in [1.54, 1.807) is 0 Å². The Bertz CT molecular complexity index is 251. The molecule has 0 aromatic heterocycles. The maximum atomic E-state index is 11.5. The molecule has 2 nitrogen and oxygen atoms in total. The maximum Gasteiger partial charge on any atom is 0.333 e. The predicted octanol–water partition coefficient (Wildman–Crippen LogP) is 3.07. The molecule has 0 aromatic rings. The van der Waals surface area contributed by atoms with Gasteiger partial charge in [0.05, 0.1) is 0 Å². The van der Waals surface area contributed by atoms with Crippen LogP contribution >= 0.6 is 0 Å². The summed E-state index contributed by atoms with van der Waals surface area (Å²) in [5.74, 6) is -0.120. The Kier molecular flexibility index (Phi) is 3.35. The van der Waals surface area contributed by atoms with Crippen LogP contribution in [0.3, 0.4) is 0 Å². The molecule has 0 saturated carbocycles. The van der Waals surface area contributed by atoms with Crippen LogP contribution in [0.25, 0.3) is 0 Å². The molecule has 0 aliphatic carbocycles. The summed E-state index contributed by atoms with van der Waals surface area (Å²) in [4.78, 5) is 11.5. The molecule has 0 bridgehead atoms. The first-order valence-corrected chi connectivity index (χ1v) is 5.37. The van der Waals surface area contributed by atoms with Gasteiger partial charge in [-0.25, -0.2) is 4.79 Å². The van der Waals surface area contributed by atoms with Crippen molar-refractivity contribution in [2.45, 2.75) is 53.1 Å². The van der Waals surface area contributed by atoms with E-state index in [1.807, 2.05) is 13.0 Å². The summed E-state index contributed by atoms with van der Waals surface area (Å²) in [5, 5.41) is 0. The van der Waals surface area contributed by atoms with Gasteiger partial charge in [0.15, 0.2) is 0 Å². The third-order valence-electron chi connectivity index (χ3n) is 3.32. The fourth-order valence-corrected chi connectivity index (χ4v) is 1.69. The average Bonchev–Trinajstić information content (AvgIpc) is 2.17. The normalized spacial score (nSPS) is 26.4. The number of hydrogen-bond acceptors (Lipinski definition) is 2. The van der Waals surface area contributed by atoms with Crippen molar-refractivity contribution in [2.24, 2.45) is 5.41 Å². The van der Waals surface area contributed by atoms with Crippen molar-refractivity contribution in [3.8, 4) is 0 Å². The number of ether oxygens (including phenoxy) is 1. The lowest BCUT2D eigenvalue weighted by Crippen LogP contribution is -2.37. The second-order valence-corrected chi connectivity index (χ2v) is 4.59. The van der Waals surface area contributed by atoms with Crippen LogP contribution in [0.5, 0.6) is 0 Å². The van der Waals surface area contributed by atoms with Gasteiger partial charge in [-0.3, -0.25) is 0 Å². The van der Waals surface area contributed by atoms with E-state index in [4.69, 9.17) is 4.74 Å². The number of esters is 1. The molecule has 1 unspecified atom stereocenters. The quantitative estimate of drug-likeness (QED) is 0.501. The minimum absolute atomic E-state index is 0.0868. The summed E-state index contributed by atoms with van der Waals surface area (Å²) in [6.07, 6.45) is 4.81. The molecule has 1 rings (SSSR count). The van der Waals surface area contributed by atoms with Crippen LogP contribution in [0, 0.1) is 5.41 Å². The summed E-state index contributed by atoms with van der Waals surface area (Å²) in [6, 6.07) is 0. The Morgan fingerprint density at radius 1 is 1.57 bits per heavy atom. The van der Waals surface area contributed by atoms with E-state index in [2.05, 4.69) is 20.8 Å². The van der Waals surface area contributed by atoms with E-state index < -0.39 is 0 Å². The van der Waals surface area contributed by atoms with Crippen molar-refractivity contribution < 1.29 is 9.53 Å². The standard InChI is InChI=1S/C12H20O2/c1-5-9-7-8-10(14-11(9)13)12(3,4)6-2/h5,10H,6-8H2,1-4H3/b9-5-. The second kappa shape index (κ2) is 4.16. The Balaban J connectivity index is 2.68. The monoisotopic (exact) mass is 196 g/mol. The number of allylic oxidation sites excluding steroid dienone is 1. The molecule has 1 aliphatic heterocycles. The van der Waals surface area contributed by atoms with E-state index in [0.29, 0.717) is 0 Å². The first-order chi connectivity index (χ1) is 6.51. The molecule has 0 amide bonds. The van der Waals surface area contributed by atoms with Crippen LogP contribution in [0.15, 0.2) is 11.6 Å². The second-order valence-electron chi connectivity index (χ2n) is 4.59. The number of carbonyl (C=O) groups is 1. The molecule has 1 saturated heterocycles. The van der Waals surface area contributed by atoms with Crippen molar-refractivity contribution >= 4 is 5.97 Å². The highest BCUT2D eigenvalue weighted by atomic mass is 16.5. The summed E-state index contributed by atoms with van der Waals surface area (Å²) in [6.45, 7) is 8.35. The summed E-state index contributed by atoms with van der Waals surface area (Å²) >= 11 is 0. The van der Waals surface area contributed by atoms with Crippen molar-refractivity contribution in [3.63, 3.8) is 0 Å². The van der Waals surface area contributed by atoms with Gasteiger partial charge < -0.3 is 4.74 Å². The molecule has 0 N–H and O–H groups in total. The zero-order valence-corrected chi connectivity index (χ0v) is 9.59. The van der Waals surface area contributed by atoms with Crippen LogP contribution < -0.4 is 0 Å². The van der Waals surface area contributed by atoms with Crippen LogP contribution in [0.1, 0.15) is 47.0 Å². The Morgan fingerprint density at radius 2 is 2.21 bits per heavy atom. The molecule has 1 heterocycles. The molecule has 14 heavy (non-hydrogen) atoms. The van der Waals surface area contributed by atoms with Gasteiger partial charge in [0.1, 0.15) is 6.10 Å². The van der Waals surface area contributed by atoms with E-state index >= 15 is 0 Å². The SMILES string of the molecule is C/C=C1/CCC(C(C)(C)CC)OC1=O. The number of hydrogen-bond donors (Lipinski definition) is 0. The Hall–Kier alpha value is -0.790. The molecule has 1 aliphatic rings. The fraction of sp³-hybridized carbons (Fsp3) is 0.750. The molecule has 0 aromatic carbocycles.